The summed E-state index contributed by atoms with van der Waals surface area (Å²) in [7, 11) is 0. The van der Waals surface area contributed by atoms with Crippen molar-refractivity contribution < 1.29 is 14.3 Å². The second-order valence-corrected chi connectivity index (χ2v) is 3.69. The van der Waals surface area contributed by atoms with Crippen molar-refractivity contribution in [3.05, 3.63) is 0 Å². The van der Waals surface area contributed by atoms with Gasteiger partial charge >= 0.3 is 6.09 Å². The van der Waals surface area contributed by atoms with Crippen LogP contribution in [0.25, 0.3) is 0 Å². The van der Waals surface area contributed by atoms with Crippen LogP contribution in [0.5, 0.6) is 0 Å². The van der Waals surface area contributed by atoms with E-state index in [1.807, 2.05) is 20.8 Å². The molecule has 100 valence electrons. The Morgan fingerprint density at radius 2 is 2.12 bits per heavy atom. The molecule has 0 aromatic rings. The van der Waals surface area contributed by atoms with Crippen molar-refractivity contribution in [1.82, 2.24) is 10.6 Å². The first kappa shape index (κ1) is 15.7. The molecule has 5 nitrogen and oxygen atoms in total. The number of hydrogen-bond acceptors (Lipinski definition) is 3. The minimum Gasteiger partial charge on any atom is -0.450 e. The molecule has 0 radical (unpaired) electrons. The van der Waals surface area contributed by atoms with Crippen LogP contribution in [-0.4, -0.2) is 31.2 Å². The lowest BCUT2D eigenvalue weighted by Crippen LogP contribution is -2.56. The standard InChI is InChI=1S/C10H18N2O3.C2H6/c1-3-15-10(14)11-6-4-5-8-7(2)12-9(8)13;1-2/h7-8H,3-6H2,1-2H3,(H,11,14)(H,12,13);1-2H3/t7-,8-;/m1./s1. The first-order valence-corrected chi connectivity index (χ1v) is 6.36. The van der Waals surface area contributed by atoms with Crippen LogP contribution in [0.4, 0.5) is 4.79 Å². The van der Waals surface area contributed by atoms with E-state index in [-0.39, 0.29) is 24.0 Å². The number of carbonyl (C=O) groups is 2. The SMILES string of the molecule is CC.CCOC(=O)NCCC[C@H]1C(=O)N[C@@H]1C. The van der Waals surface area contributed by atoms with Gasteiger partial charge in [0.15, 0.2) is 0 Å². The van der Waals surface area contributed by atoms with Crippen LogP contribution in [0.3, 0.4) is 0 Å². The Balaban J connectivity index is 0.00000121. The van der Waals surface area contributed by atoms with Gasteiger partial charge in [-0.05, 0) is 26.7 Å². The molecule has 1 aliphatic rings. The summed E-state index contributed by atoms with van der Waals surface area (Å²) in [6.07, 6.45) is 1.24. The zero-order valence-corrected chi connectivity index (χ0v) is 11.2. The van der Waals surface area contributed by atoms with Crippen LogP contribution in [0.1, 0.15) is 40.5 Å². The molecule has 1 heterocycles. The summed E-state index contributed by atoms with van der Waals surface area (Å²) in [5.74, 6) is 0.243. The van der Waals surface area contributed by atoms with Gasteiger partial charge in [-0.25, -0.2) is 4.79 Å². The van der Waals surface area contributed by atoms with Crippen LogP contribution in [0.2, 0.25) is 0 Å². The quantitative estimate of drug-likeness (QED) is 0.571. The minimum absolute atomic E-state index is 0.119. The molecule has 0 aromatic heterocycles. The fourth-order valence-electron chi connectivity index (χ4n) is 1.64. The maximum atomic E-state index is 11.0. The van der Waals surface area contributed by atoms with E-state index in [9.17, 15) is 9.59 Å². The molecule has 1 saturated heterocycles. The number of nitrogens with one attached hydrogen (secondary N) is 2. The normalized spacial score (nSPS) is 21.5. The number of hydrogen-bond donors (Lipinski definition) is 2. The van der Waals surface area contributed by atoms with E-state index in [0.717, 1.165) is 12.8 Å². The highest BCUT2D eigenvalue weighted by molar-refractivity contribution is 5.85. The molecule has 0 saturated carbocycles. The van der Waals surface area contributed by atoms with Crippen molar-refractivity contribution in [2.75, 3.05) is 13.2 Å². The topological polar surface area (TPSA) is 67.4 Å². The molecule has 0 spiro atoms. The molecule has 1 rings (SSSR count). The lowest BCUT2D eigenvalue weighted by molar-refractivity contribution is -0.134. The van der Waals surface area contributed by atoms with Crippen molar-refractivity contribution >= 4 is 12.0 Å². The van der Waals surface area contributed by atoms with Crippen molar-refractivity contribution in [2.24, 2.45) is 5.92 Å². The Bertz CT molecular complexity index is 244. The summed E-state index contributed by atoms with van der Waals surface area (Å²) in [5.41, 5.74) is 0. The Kier molecular flexibility index (Phi) is 8.19. The van der Waals surface area contributed by atoms with E-state index >= 15 is 0 Å². The zero-order valence-electron chi connectivity index (χ0n) is 11.2. The van der Waals surface area contributed by atoms with Crippen LogP contribution >= 0.6 is 0 Å². The highest BCUT2D eigenvalue weighted by Crippen LogP contribution is 2.19. The summed E-state index contributed by atoms with van der Waals surface area (Å²) in [4.78, 5) is 21.9. The number of alkyl carbamates (subject to hydrolysis) is 1. The fourth-order valence-corrected chi connectivity index (χ4v) is 1.64. The average molecular weight is 244 g/mol. The van der Waals surface area contributed by atoms with E-state index in [4.69, 9.17) is 4.74 Å². The van der Waals surface area contributed by atoms with Gasteiger partial charge in [0.2, 0.25) is 5.91 Å². The third-order valence-corrected chi connectivity index (χ3v) is 2.55. The number of β-lactam (4-membered cyclic amide) rings is 1. The minimum atomic E-state index is -0.386. The molecular formula is C12H24N2O3. The molecule has 2 N–H and O–H groups in total. The molecular weight excluding hydrogens is 220 g/mol. The van der Waals surface area contributed by atoms with Gasteiger partial charge in [-0.15, -0.1) is 0 Å². The smallest absolute Gasteiger partial charge is 0.407 e. The van der Waals surface area contributed by atoms with Crippen LogP contribution in [-0.2, 0) is 9.53 Å². The van der Waals surface area contributed by atoms with Gasteiger partial charge < -0.3 is 15.4 Å². The molecule has 0 aliphatic carbocycles. The predicted octanol–water partition coefficient (Wildman–Crippen LogP) is 1.67. The van der Waals surface area contributed by atoms with E-state index in [2.05, 4.69) is 10.6 Å². The van der Waals surface area contributed by atoms with Gasteiger partial charge in [-0.1, -0.05) is 13.8 Å². The van der Waals surface area contributed by atoms with Crippen LogP contribution in [0, 0.1) is 5.92 Å². The zero-order chi connectivity index (χ0) is 13.3. The fraction of sp³-hybridized carbons (Fsp3) is 0.833. The second kappa shape index (κ2) is 8.84. The van der Waals surface area contributed by atoms with E-state index in [0.29, 0.717) is 13.2 Å². The van der Waals surface area contributed by atoms with Gasteiger partial charge in [0.1, 0.15) is 0 Å². The molecule has 1 fully saturated rings. The largest absolute Gasteiger partial charge is 0.450 e. The van der Waals surface area contributed by atoms with Crippen molar-refractivity contribution in [3.63, 3.8) is 0 Å². The summed E-state index contributed by atoms with van der Waals surface area (Å²) in [6.45, 7) is 8.70. The number of carbonyl (C=O) groups excluding carboxylic acids is 2. The summed E-state index contributed by atoms with van der Waals surface area (Å²) >= 11 is 0. The monoisotopic (exact) mass is 244 g/mol. The second-order valence-electron chi connectivity index (χ2n) is 3.69. The van der Waals surface area contributed by atoms with E-state index in [1.165, 1.54) is 0 Å². The van der Waals surface area contributed by atoms with Gasteiger partial charge in [0.25, 0.3) is 0 Å². The summed E-state index contributed by atoms with van der Waals surface area (Å²) < 4.78 is 4.70. The Morgan fingerprint density at radius 3 is 2.59 bits per heavy atom. The van der Waals surface area contributed by atoms with Gasteiger partial charge in [-0.3, -0.25) is 4.79 Å². The van der Waals surface area contributed by atoms with Crippen molar-refractivity contribution in [1.29, 1.82) is 0 Å². The lowest BCUT2D eigenvalue weighted by Gasteiger charge is -2.34. The summed E-state index contributed by atoms with van der Waals surface area (Å²) in [6, 6.07) is 0.278. The van der Waals surface area contributed by atoms with E-state index in [1.54, 1.807) is 6.92 Å². The highest BCUT2D eigenvalue weighted by Gasteiger charge is 2.34. The van der Waals surface area contributed by atoms with Crippen LogP contribution in [0.15, 0.2) is 0 Å². The Morgan fingerprint density at radius 1 is 1.47 bits per heavy atom. The Hall–Kier alpha value is -1.26. The number of ether oxygens (including phenoxy) is 1. The molecule has 2 amide bonds. The molecule has 2 atom stereocenters. The third kappa shape index (κ3) is 5.56. The maximum absolute atomic E-state index is 11.0. The van der Waals surface area contributed by atoms with Crippen molar-refractivity contribution in [3.8, 4) is 0 Å². The molecule has 1 aliphatic heterocycles. The third-order valence-electron chi connectivity index (χ3n) is 2.55. The summed E-state index contributed by atoms with van der Waals surface area (Å²) in [5, 5.41) is 5.40. The van der Waals surface area contributed by atoms with Gasteiger partial charge in [0, 0.05) is 12.6 Å². The molecule has 17 heavy (non-hydrogen) atoms. The predicted molar refractivity (Wildman–Crippen MR) is 66.7 cm³/mol. The van der Waals surface area contributed by atoms with Gasteiger partial charge in [0.05, 0.1) is 12.5 Å². The molecule has 5 heteroatoms. The van der Waals surface area contributed by atoms with Gasteiger partial charge in [-0.2, -0.15) is 0 Å². The maximum Gasteiger partial charge on any atom is 0.407 e. The van der Waals surface area contributed by atoms with Crippen LogP contribution < -0.4 is 10.6 Å². The first-order chi connectivity index (χ1) is 8.15. The number of rotatable bonds is 5. The lowest BCUT2D eigenvalue weighted by atomic mass is 9.88. The number of amides is 2. The van der Waals surface area contributed by atoms with Crippen molar-refractivity contribution in [2.45, 2.75) is 46.6 Å². The van der Waals surface area contributed by atoms with E-state index < -0.39 is 0 Å². The average Bonchev–Trinajstić information content (AvgIpc) is 2.31. The first-order valence-electron chi connectivity index (χ1n) is 6.36. The molecule has 0 bridgehead atoms. The highest BCUT2D eigenvalue weighted by atomic mass is 16.5. The Labute approximate surface area is 103 Å². The molecule has 0 aromatic carbocycles. The molecule has 0 unspecified atom stereocenters.